The second-order valence-electron chi connectivity index (χ2n) is 11.3. The lowest BCUT2D eigenvalue weighted by molar-refractivity contribution is 0.0239. The fourth-order valence-electron chi connectivity index (χ4n) is 5.29. The van der Waals surface area contributed by atoms with Gasteiger partial charge in [0.15, 0.2) is 11.4 Å². The molecule has 10 nitrogen and oxygen atoms in total. The van der Waals surface area contributed by atoms with Gasteiger partial charge in [0.1, 0.15) is 5.60 Å². The van der Waals surface area contributed by atoms with Crippen LogP contribution in [0.3, 0.4) is 0 Å². The van der Waals surface area contributed by atoms with Gasteiger partial charge in [-0.1, -0.05) is 30.5 Å². The highest BCUT2D eigenvalue weighted by molar-refractivity contribution is 7.92. The summed E-state index contributed by atoms with van der Waals surface area (Å²) in [6, 6.07) is 3.87. The highest BCUT2D eigenvalue weighted by Crippen LogP contribution is 2.31. The minimum Gasteiger partial charge on any atom is -0.444 e. The lowest BCUT2D eigenvalue weighted by Gasteiger charge is -2.24. The van der Waals surface area contributed by atoms with Crippen molar-refractivity contribution in [2.24, 2.45) is 5.92 Å². The number of carbonyl (C=O) groups is 1. The molecule has 3 aromatic rings. The first-order chi connectivity index (χ1) is 17.5. The second kappa shape index (κ2) is 9.66. The number of fused-ring (bicyclic) bond motifs is 2. The number of rotatable bonds is 6. The number of benzene rings is 1. The lowest BCUT2D eigenvalue weighted by atomic mass is 9.91. The van der Waals surface area contributed by atoms with Gasteiger partial charge in [-0.25, -0.2) is 13.2 Å². The Morgan fingerprint density at radius 2 is 1.95 bits per heavy atom. The zero-order valence-corrected chi connectivity index (χ0v) is 22.7. The number of anilines is 1. The number of amides is 1. The van der Waals surface area contributed by atoms with Gasteiger partial charge in [-0.2, -0.15) is 5.10 Å². The fourth-order valence-corrected chi connectivity index (χ4v) is 6.76. The van der Waals surface area contributed by atoms with Gasteiger partial charge in [0.05, 0.1) is 36.5 Å². The van der Waals surface area contributed by atoms with Crippen LogP contribution in [0.25, 0.3) is 11.0 Å². The van der Waals surface area contributed by atoms with Gasteiger partial charge >= 0.3 is 6.09 Å². The predicted molar refractivity (Wildman–Crippen MR) is 140 cm³/mol. The van der Waals surface area contributed by atoms with E-state index in [1.807, 2.05) is 50.7 Å². The molecule has 3 heterocycles. The molecule has 1 amide bonds. The maximum absolute atomic E-state index is 12.8. The molecule has 1 aromatic carbocycles. The molecule has 2 aromatic heterocycles. The van der Waals surface area contributed by atoms with E-state index in [4.69, 9.17) is 9.26 Å². The number of hydrogen-bond acceptors (Lipinski definition) is 7. The maximum atomic E-state index is 12.8. The number of aryl methyl sites for hydroxylation is 1. The van der Waals surface area contributed by atoms with Crippen LogP contribution >= 0.6 is 0 Å². The summed E-state index contributed by atoms with van der Waals surface area (Å²) in [4.78, 5) is 14.0. The molecular weight excluding hydrogens is 494 g/mol. The van der Waals surface area contributed by atoms with E-state index >= 15 is 0 Å². The average molecular weight is 530 g/mol. The molecule has 0 spiro atoms. The summed E-state index contributed by atoms with van der Waals surface area (Å²) in [5.74, 6) is 0.563. The molecule has 0 radical (unpaired) electrons. The fraction of sp³-hybridized carbons (Fsp3) is 0.577. The van der Waals surface area contributed by atoms with Crippen molar-refractivity contribution in [3.05, 3.63) is 40.7 Å². The number of nitrogens with one attached hydrogen (secondary N) is 1. The Balaban J connectivity index is 1.26. The number of hydrogen-bond donors (Lipinski definition) is 1. The van der Waals surface area contributed by atoms with Crippen molar-refractivity contribution >= 4 is 32.9 Å². The number of ether oxygens (including phenoxy) is 1. The van der Waals surface area contributed by atoms with Crippen molar-refractivity contribution in [1.82, 2.24) is 19.8 Å². The molecule has 2 aliphatic rings. The summed E-state index contributed by atoms with van der Waals surface area (Å²) in [6.07, 6.45) is 6.90. The van der Waals surface area contributed by atoms with Crippen LogP contribution in [-0.2, 0) is 34.4 Å². The van der Waals surface area contributed by atoms with Crippen molar-refractivity contribution in [3.8, 4) is 0 Å². The smallest absolute Gasteiger partial charge is 0.410 e. The molecule has 1 N–H and O–H groups in total. The Kier molecular flexibility index (Phi) is 6.68. The van der Waals surface area contributed by atoms with Gasteiger partial charge < -0.3 is 9.26 Å². The Morgan fingerprint density at radius 1 is 1.19 bits per heavy atom. The van der Waals surface area contributed by atoms with Crippen LogP contribution < -0.4 is 4.72 Å². The maximum Gasteiger partial charge on any atom is 0.410 e. The van der Waals surface area contributed by atoms with Crippen LogP contribution in [0.2, 0.25) is 0 Å². The molecule has 1 aliphatic carbocycles. The average Bonchev–Trinajstić information content (AvgIpc) is 3.46. The first kappa shape index (κ1) is 25.6. The van der Waals surface area contributed by atoms with Gasteiger partial charge in [-0.05, 0) is 63.6 Å². The topological polar surface area (TPSA) is 120 Å². The molecule has 0 saturated heterocycles. The first-order valence-corrected chi connectivity index (χ1v) is 14.5. The Hall–Kier alpha value is -3.08. The van der Waals surface area contributed by atoms with Gasteiger partial charge in [0.25, 0.3) is 0 Å². The van der Waals surface area contributed by atoms with E-state index < -0.39 is 15.6 Å². The van der Waals surface area contributed by atoms with Crippen LogP contribution in [-0.4, -0.2) is 45.7 Å². The van der Waals surface area contributed by atoms with E-state index in [-0.39, 0.29) is 23.6 Å². The largest absolute Gasteiger partial charge is 0.444 e. The number of carbonyl (C=O) groups excluding carboxylic acids is 1. The monoisotopic (exact) mass is 529 g/mol. The lowest BCUT2D eigenvalue weighted by Crippen LogP contribution is -2.33. The first-order valence-electron chi connectivity index (χ1n) is 12.9. The third kappa shape index (κ3) is 5.92. The van der Waals surface area contributed by atoms with Crippen LogP contribution in [0, 0.1) is 12.8 Å². The van der Waals surface area contributed by atoms with E-state index in [0.29, 0.717) is 30.6 Å². The zero-order valence-electron chi connectivity index (χ0n) is 21.9. The molecular formula is C26H35N5O5S. The quantitative estimate of drug-likeness (QED) is 0.479. The molecule has 0 bridgehead atoms. The van der Waals surface area contributed by atoms with Crippen molar-refractivity contribution < 1.29 is 22.5 Å². The predicted octanol–water partition coefficient (Wildman–Crippen LogP) is 4.95. The van der Waals surface area contributed by atoms with Crippen LogP contribution in [0.4, 0.5) is 10.6 Å². The van der Waals surface area contributed by atoms with Gasteiger partial charge in [-0.15, -0.1) is 0 Å². The molecule has 200 valence electrons. The van der Waals surface area contributed by atoms with Gasteiger partial charge in [0.2, 0.25) is 10.0 Å². The van der Waals surface area contributed by atoms with Crippen molar-refractivity contribution in [3.63, 3.8) is 0 Å². The van der Waals surface area contributed by atoms with Crippen LogP contribution in [0.1, 0.15) is 75.3 Å². The summed E-state index contributed by atoms with van der Waals surface area (Å²) in [7, 11) is -3.51. The SMILES string of the molecule is Cc1cc(Cn2cc3c(n2)CN(C(=O)OC(C)(C)C)C3)cc2onc(NS(=O)(=O)CC3CCCCC3)c12. The zero-order chi connectivity index (χ0) is 26.4. The molecule has 5 rings (SSSR count). The minimum absolute atomic E-state index is 0.119. The molecule has 1 saturated carbocycles. The number of sulfonamides is 1. The van der Waals surface area contributed by atoms with E-state index in [1.165, 1.54) is 6.42 Å². The second-order valence-corrected chi connectivity index (χ2v) is 13.1. The number of aromatic nitrogens is 3. The van der Waals surface area contributed by atoms with Gasteiger partial charge in [0, 0.05) is 11.8 Å². The molecule has 1 aliphatic heterocycles. The molecule has 0 atom stereocenters. The van der Waals surface area contributed by atoms with E-state index in [1.54, 1.807) is 4.90 Å². The number of nitrogens with zero attached hydrogens (tertiary/aromatic N) is 4. The molecule has 0 unspecified atom stereocenters. The molecule has 37 heavy (non-hydrogen) atoms. The van der Waals surface area contributed by atoms with E-state index in [2.05, 4.69) is 15.0 Å². The van der Waals surface area contributed by atoms with Gasteiger partial charge in [-0.3, -0.25) is 14.3 Å². The Bertz CT molecular complexity index is 1390. The molecule has 11 heteroatoms. The third-order valence-electron chi connectivity index (χ3n) is 6.89. The standard InChI is InChI=1S/C26H35N5O5S/c1-17-10-19(12-31-14-20-13-30(15-21(20)27-31)25(32)35-26(2,3)4)11-22-23(17)24(28-36-22)29-37(33,34)16-18-8-6-5-7-9-18/h10-11,14,18H,5-9,12-13,15-16H2,1-4H3,(H,28,29). The van der Waals surface area contributed by atoms with Crippen LogP contribution in [0.5, 0.6) is 0 Å². The minimum atomic E-state index is -3.51. The van der Waals surface area contributed by atoms with Crippen molar-refractivity contribution in [2.45, 2.75) is 85.0 Å². The summed E-state index contributed by atoms with van der Waals surface area (Å²) in [5, 5.41) is 9.37. The van der Waals surface area contributed by atoms with E-state index in [0.717, 1.165) is 48.1 Å². The Morgan fingerprint density at radius 3 is 2.65 bits per heavy atom. The summed E-state index contributed by atoms with van der Waals surface area (Å²) >= 11 is 0. The highest BCUT2D eigenvalue weighted by atomic mass is 32.2. The van der Waals surface area contributed by atoms with Crippen LogP contribution in [0.15, 0.2) is 22.9 Å². The normalized spacial score (nSPS) is 16.8. The third-order valence-corrected chi connectivity index (χ3v) is 8.30. The summed E-state index contributed by atoms with van der Waals surface area (Å²) < 4.78 is 41.1. The molecule has 1 fully saturated rings. The summed E-state index contributed by atoms with van der Waals surface area (Å²) in [6.45, 7) is 8.87. The van der Waals surface area contributed by atoms with Crippen molar-refractivity contribution in [1.29, 1.82) is 0 Å². The highest BCUT2D eigenvalue weighted by Gasteiger charge is 2.30. The summed E-state index contributed by atoms with van der Waals surface area (Å²) in [5.41, 5.74) is 3.68. The Labute approximate surface area is 217 Å². The van der Waals surface area contributed by atoms with Crippen molar-refractivity contribution in [2.75, 3.05) is 10.5 Å². The van der Waals surface area contributed by atoms with E-state index in [9.17, 15) is 13.2 Å².